The van der Waals surface area contributed by atoms with Crippen molar-refractivity contribution in [2.45, 2.75) is 51.3 Å². The van der Waals surface area contributed by atoms with Crippen LogP contribution in [0.4, 0.5) is 4.39 Å². The van der Waals surface area contributed by atoms with E-state index in [0.29, 0.717) is 18.6 Å². The van der Waals surface area contributed by atoms with Gasteiger partial charge in [-0.05, 0) is 56.9 Å². The van der Waals surface area contributed by atoms with E-state index in [1.54, 1.807) is 24.5 Å². The van der Waals surface area contributed by atoms with Crippen LogP contribution in [-0.4, -0.2) is 17.2 Å². The summed E-state index contributed by atoms with van der Waals surface area (Å²) < 4.78 is 18.8. The van der Waals surface area contributed by atoms with Crippen molar-refractivity contribution in [3.8, 4) is 0 Å². The number of aliphatic hydroxyl groups excluding tert-OH is 1. The average Bonchev–Trinajstić information content (AvgIpc) is 3.00. The first kappa shape index (κ1) is 16.7. The molecular formula is C18H24FNO2. The third-order valence-electron chi connectivity index (χ3n) is 3.82. The largest absolute Gasteiger partial charge is 0.467 e. The Morgan fingerprint density at radius 1 is 1.14 bits per heavy atom. The molecule has 0 saturated heterocycles. The second-order valence-electron chi connectivity index (χ2n) is 5.87. The lowest BCUT2D eigenvalue weighted by Crippen LogP contribution is -2.35. The fourth-order valence-electron chi connectivity index (χ4n) is 2.64. The van der Waals surface area contributed by atoms with Gasteiger partial charge in [0.25, 0.3) is 0 Å². The highest BCUT2D eigenvalue weighted by molar-refractivity contribution is 5.17. The molecule has 3 nitrogen and oxygen atoms in total. The molecule has 0 spiro atoms. The fraction of sp³-hybridized carbons (Fsp3) is 0.444. The van der Waals surface area contributed by atoms with E-state index in [-0.39, 0.29) is 17.9 Å². The number of furan rings is 1. The molecule has 1 aromatic heterocycles. The normalized spacial score (nSPS) is 15.5. The first-order valence-corrected chi connectivity index (χ1v) is 7.77. The minimum absolute atomic E-state index is 0.143. The summed E-state index contributed by atoms with van der Waals surface area (Å²) in [5.41, 5.74) is 0.749. The van der Waals surface area contributed by atoms with Gasteiger partial charge in [-0.15, -0.1) is 0 Å². The molecule has 0 bridgehead atoms. The van der Waals surface area contributed by atoms with E-state index in [4.69, 9.17) is 4.42 Å². The first-order chi connectivity index (χ1) is 10.6. The molecule has 2 aromatic rings. The maximum absolute atomic E-state index is 13.6. The highest BCUT2D eigenvalue weighted by atomic mass is 19.1. The molecule has 2 rings (SSSR count). The van der Waals surface area contributed by atoms with Crippen LogP contribution >= 0.6 is 0 Å². The van der Waals surface area contributed by atoms with Crippen LogP contribution in [0.5, 0.6) is 0 Å². The summed E-state index contributed by atoms with van der Waals surface area (Å²) in [6.45, 7) is 4.11. The Balaban J connectivity index is 1.74. The van der Waals surface area contributed by atoms with Crippen LogP contribution in [-0.2, 0) is 6.42 Å². The zero-order valence-corrected chi connectivity index (χ0v) is 13.1. The number of nitrogens with one attached hydrogen (secondary N) is 1. The quantitative estimate of drug-likeness (QED) is 0.779. The predicted molar refractivity (Wildman–Crippen MR) is 85.1 cm³/mol. The number of aliphatic hydroxyl groups is 1. The average molecular weight is 305 g/mol. The zero-order chi connectivity index (χ0) is 15.9. The number of hydrogen-bond acceptors (Lipinski definition) is 3. The zero-order valence-electron chi connectivity index (χ0n) is 13.1. The van der Waals surface area contributed by atoms with Gasteiger partial charge in [0.05, 0.1) is 6.26 Å². The number of hydrogen-bond donors (Lipinski definition) is 2. The molecule has 0 aliphatic rings. The number of benzene rings is 1. The molecule has 3 unspecified atom stereocenters. The third-order valence-corrected chi connectivity index (χ3v) is 3.82. The van der Waals surface area contributed by atoms with Gasteiger partial charge in [-0.25, -0.2) is 4.39 Å². The van der Waals surface area contributed by atoms with Crippen molar-refractivity contribution >= 4 is 0 Å². The van der Waals surface area contributed by atoms with Crippen molar-refractivity contribution in [1.82, 2.24) is 5.32 Å². The SMILES string of the molecule is CC(CCc1ccccc1F)NC(C)CC(O)c1ccco1. The minimum atomic E-state index is -0.601. The van der Waals surface area contributed by atoms with Gasteiger partial charge in [-0.2, -0.15) is 0 Å². The molecule has 22 heavy (non-hydrogen) atoms. The van der Waals surface area contributed by atoms with Crippen LogP contribution in [0.25, 0.3) is 0 Å². The maximum atomic E-state index is 13.6. The lowest BCUT2D eigenvalue weighted by molar-refractivity contribution is 0.127. The second kappa shape index (κ2) is 8.11. The molecule has 2 N–H and O–H groups in total. The van der Waals surface area contributed by atoms with E-state index in [1.165, 1.54) is 6.07 Å². The van der Waals surface area contributed by atoms with E-state index >= 15 is 0 Å². The van der Waals surface area contributed by atoms with Crippen molar-refractivity contribution in [2.75, 3.05) is 0 Å². The number of aryl methyl sites for hydroxylation is 1. The van der Waals surface area contributed by atoms with Gasteiger partial charge < -0.3 is 14.8 Å². The van der Waals surface area contributed by atoms with Crippen molar-refractivity contribution in [2.24, 2.45) is 0 Å². The summed E-state index contributed by atoms with van der Waals surface area (Å²) in [6.07, 6.45) is 3.10. The molecule has 4 heteroatoms. The molecule has 1 aromatic carbocycles. The first-order valence-electron chi connectivity index (χ1n) is 7.77. The molecule has 0 radical (unpaired) electrons. The van der Waals surface area contributed by atoms with Crippen LogP contribution in [0.1, 0.15) is 44.1 Å². The maximum Gasteiger partial charge on any atom is 0.132 e. The van der Waals surface area contributed by atoms with Crippen LogP contribution in [0.15, 0.2) is 47.1 Å². The monoisotopic (exact) mass is 305 g/mol. The topological polar surface area (TPSA) is 45.4 Å². The Morgan fingerprint density at radius 3 is 2.59 bits per heavy atom. The molecule has 120 valence electrons. The Morgan fingerprint density at radius 2 is 1.91 bits per heavy atom. The highest BCUT2D eigenvalue weighted by Crippen LogP contribution is 2.19. The summed E-state index contributed by atoms with van der Waals surface area (Å²) in [6, 6.07) is 10.8. The van der Waals surface area contributed by atoms with E-state index in [0.717, 1.165) is 12.0 Å². The lowest BCUT2D eigenvalue weighted by atomic mass is 10.0. The van der Waals surface area contributed by atoms with Gasteiger partial charge in [0.2, 0.25) is 0 Å². The van der Waals surface area contributed by atoms with Crippen molar-refractivity contribution in [3.63, 3.8) is 0 Å². The van der Waals surface area contributed by atoms with Gasteiger partial charge in [0, 0.05) is 12.1 Å². The van der Waals surface area contributed by atoms with Gasteiger partial charge in [-0.3, -0.25) is 0 Å². The van der Waals surface area contributed by atoms with Gasteiger partial charge in [0.1, 0.15) is 17.7 Å². The molecule has 0 fully saturated rings. The van der Waals surface area contributed by atoms with E-state index in [9.17, 15) is 9.50 Å². The fourth-order valence-corrected chi connectivity index (χ4v) is 2.64. The molecule has 0 amide bonds. The summed E-state index contributed by atoms with van der Waals surface area (Å²) in [5, 5.41) is 13.5. The predicted octanol–water partition coefficient (Wildman–Crippen LogP) is 3.84. The Labute approximate surface area is 131 Å². The summed E-state index contributed by atoms with van der Waals surface area (Å²) in [7, 11) is 0. The molecule has 0 saturated carbocycles. The van der Waals surface area contributed by atoms with Crippen molar-refractivity contribution < 1.29 is 13.9 Å². The van der Waals surface area contributed by atoms with Crippen LogP contribution in [0, 0.1) is 5.82 Å². The summed E-state index contributed by atoms with van der Waals surface area (Å²) in [5.74, 6) is 0.448. The molecule has 3 atom stereocenters. The van der Waals surface area contributed by atoms with E-state index in [1.807, 2.05) is 19.1 Å². The standard InChI is InChI=1S/C18H24FNO2/c1-13(9-10-15-6-3-4-7-16(15)19)20-14(2)12-17(21)18-8-5-11-22-18/h3-8,11,13-14,17,20-21H,9-10,12H2,1-2H3. The number of rotatable bonds is 8. The van der Waals surface area contributed by atoms with Gasteiger partial charge in [0.15, 0.2) is 0 Å². The lowest BCUT2D eigenvalue weighted by Gasteiger charge is -2.21. The van der Waals surface area contributed by atoms with Crippen LogP contribution in [0.2, 0.25) is 0 Å². The van der Waals surface area contributed by atoms with Crippen LogP contribution in [0.3, 0.4) is 0 Å². The van der Waals surface area contributed by atoms with Gasteiger partial charge >= 0.3 is 0 Å². The smallest absolute Gasteiger partial charge is 0.132 e. The Kier molecular flexibility index (Phi) is 6.16. The molecule has 1 heterocycles. The minimum Gasteiger partial charge on any atom is -0.467 e. The number of halogens is 1. The third kappa shape index (κ3) is 4.97. The highest BCUT2D eigenvalue weighted by Gasteiger charge is 2.16. The Hall–Kier alpha value is -1.65. The van der Waals surface area contributed by atoms with Crippen molar-refractivity contribution in [3.05, 3.63) is 59.8 Å². The molecule has 0 aliphatic heterocycles. The summed E-state index contributed by atoms with van der Waals surface area (Å²) in [4.78, 5) is 0. The van der Waals surface area contributed by atoms with Gasteiger partial charge in [-0.1, -0.05) is 18.2 Å². The second-order valence-corrected chi connectivity index (χ2v) is 5.87. The molecular weight excluding hydrogens is 281 g/mol. The van der Waals surface area contributed by atoms with Crippen LogP contribution < -0.4 is 5.32 Å². The molecule has 0 aliphatic carbocycles. The van der Waals surface area contributed by atoms with Crippen molar-refractivity contribution in [1.29, 1.82) is 0 Å². The summed E-state index contributed by atoms with van der Waals surface area (Å²) >= 11 is 0. The van der Waals surface area contributed by atoms with E-state index < -0.39 is 6.10 Å². The van der Waals surface area contributed by atoms with E-state index in [2.05, 4.69) is 12.2 Å². The Bertz CT molecular complexity index is 556.